The van der Waals surface area contributed by atoms with Crippen molar-refractivity contribution in [2.24, 2.45) is 5.73 Å². The molecule has 1 aromatic carbocycles. The molecule has 0 amide bonds. The number of aryl methyl sites for hydroxylation is 1. The van der Waals surface area contributed by atoms with Crippen LogP contribution in [0.3, 0.4) is 0 Å². The number of fused-ring (bicyclic) bond motifs is 1. The Morgan fingerprint density at radius 1 is 1.57 bits per heavy atom. The number of nitrogens with zero attached hydrogens (tertiary/aromatic N) is 1. The van der Waals surface area contributed by atoms with Crippen molar-refractivity contribution >= 4 is 0 Å². The van der Waals surface area contributed by atoms with Crippen molar-refractivity contribution in [3.8, 4) is 11.8 Å². The van der Waals surface area contributed by atoms with Crippen LogP contribution < -0.4 is 10.5 Å². The van der Waals surface area contributed by atoms with E-state index in [1.165, 1.54) is 11.1 Å². The lowest BCUT2D eigenvalue weighted by atomic mass is 10.1. The standard InChI is InChI=1S/C11H12N2O/c12-5-6-14-9-2-3-10-8(7-9)1-4-11(10)13/h2-3,7,11H,1,4,6,13H2. The van der Waals surface area contributed by atoms with Gasteiger partial charge < -0.3 is 10.5 Å². The van der Waals surface area contributed by atoms with Gasteiger partial charge >= 0.3 is 0 Å². The summed E-state index contributed by atoms with van der Waals surface area (Å²) in [5, 5.41) is 8.37. The first-order valence-corrected chi connectivity index (χ1v) is 4.69. The van der Waals surface area contributed by atoms with Gasteiger partial charge in [-0.3, -0.25) is 0 Å². The number of nitriles is 1. The van der Waals surface area contributed by atoms with Gasteiger partial charge in [0.25, 0.3) is 0 Å². The second kappa shape index (κ2) is 3.69. The Hall–Kier alpha value is -1.53. The van der Waals surface area contributed by atoms with Crippen LogP contribution >= 0.6 is 0 Å². The van der Waals surface area contributed by atoms with E-state index in [0.29, 0.717) is 0 Å². The monoisotopic (exact) mass is 188 g/mol. The highest BCUT2D eigenvalue weighted by atomic mass is 16.5. The summed E-state index contributed by atoms with van der Waals surface area (Å²) >= 11 is 0. The Labute approximate surface area is 83.1 Å². The molecule has 3 heteroatoms. The summed E-state index contributed by atoms with van der Waals surface area (Å²) in [5.41, 5.74) is 8.38. The van der Waals surface area contributed by atoms with Crippen molar-refractivity contribution in [1.29, 1.82) is 5.26 Å². The summed E-state index contributed by atoms with van der Waals surface area (Å²) in [6, 6.07) is 7.98. The minimum Gasteiger partial charge on any atom is -0.479 e. The molecule has 0 saturated heterocycles. The summed E-state index contributed by atoms with van der Waals surface area (Å²) in [5.74, 6) is 0.763. The van der Waals surface area contributed by atoms with Crippen LogP contribution in [0.2, 0.25) is 0 Å². The highest BCUT2D eigenvalue weighted by Crippen LogP contribution is 2.31. The Morgan fingerprint density at radius 2 is 2.43 bits per heavy atom. The van der Waals surface area contributed by atoms with Gasteiger partial charge in [-0.05, 0) is 36.1 Å². The molecule has 1 aliphatic carbocycles. The van der Waals surface area contributed by atoms with E-state index in [2.05, 4.69) is 0 Å². The molecule has 0 radical (unpaired) electrons. The van der Waals surface area contributed by atoms with Crippen LogP contribution in [0.4, 0.5) is 0 Å². The van der Waals surface area contributed by atoms with E-state index in [4.69, 9.17) is 15.7 Å². The fourth-order valence-electron chi connectivity index (χ4n) is 1.83. The second-order valence-electron chi connectivity index (χ2n) is 3.45. The van der Waals surface area contributed by atoms with Crippen LogP contribution in [-0.2, 0) is 6.42 Å². The summed E-state index contributed by atoms with van der Waals surface area (Å²) in [6.07, 6.45) is 2.03. The van der Waals surface area contributed by atoms with E-state index in [1.54, 1.807) is 0 Å². The van der Waals surface area contributed by atoms with Crippen molar-refractivity contribution < 1.29 is 4.74 Å². The van der Waals surface area contributed by atoms with Gasteiger partial charge in [-0.1, -0.05) is 6.07 Å². The predicted octanol–water partition coefficient (Wildman–Crippen LogP) is 1.53. The Kier molecular flexibility index (Phi) is 2.38. The lowest BCUT2D eigenvalue weighted by molar-refractivity contribution is 0.368. The number of benzene rings is 1. The molecule has 0 spiro atoms. The van der Waals surface area contributed by atoms with Crippen molar-refractivity contribution in [2.75, 3.05) is 6.61 Å². The van der Waals surface area contributed by atoms with Gasteiger partial charge in [-0.2, -0.15) is 5.26 Å². The van der Waals surface area contributed by atoms with Crippen LogP contribution in [-0.4, -0.2) is 6.61 Å². The van der Waals surface area contributed by atoms with Gasteiger partial charge in [0.1, 0.15) is 11.8 Å². The maximum Gasteiger partial charge on any atom is 0.174 e. The van der Waals surface area contributed by atoms with Crippen LogP contribution in [0.1, 0.15) is 23.6 Å². The van der Waals surface area contributed by atoms with Crippen molar-refractivity contribution in [3.63, 3.8) is 0 Å². The molecule has 0 heterocycles. The molecule has 3 nitrogen and oxygen atoms in total. The summed E-state index contributed by atoms with van der Waals surface area (Å²) in [4.78, 5) is 0. The van der Waals surface area contributed by atoms with Gasteiger partial charge in [0.15, 0.2) is 6.61 Å². The normalized spacial score (nSPS) is 18.7. The first-order valence-electron chi connectivity index (χ1n) is 4.69. The number of nitrogens with two attached hydrogens (primary N) is 1. The van der Waals surface area contributed by atoms with Gasteiger partial charge in [-0.25, -0.2) is 0 Å². The third-order valence-corrected chi connectivity index (χ3v) is 2.54. The molecule has 14 heavy (non-hydrogen) atoms. The summed E-state index contributed by atoms with van der Waals surface area (Å²) < 4.78 is 5.21. The number of hydrogen-bond acceptors (Lipinski definition) is 3. The molecular formula is C11H12N2O. The predicted molar refractivity (Wildman–Crippen MR) is 52.8 cm³/mol. The maximum absolute atomic E-state index is 8.37. The smallest absolute Gasteiger partial charge is 0.174 e. The van der Waals surface area contributed by atoms with Crippen molar-refractivity contribution in [2.45, 2.75) is 18.9 Å². The lowest BCUT2D eigenvalue weighted by Gasteiger charge is -2.06. The minimum atomic E-state index is 0.102. The maximum atomic E-state index is 8.37. The highest BCUT2D eigenvalue weighted by Gasteiger charge is 2.18. The van der Waals surface area contributed by atoms with Crippen LogP contribution in [0.5, 0.6) is 5.75 Å². The third kappa shape index (κ3) is 1.57. The van der Waals surface area contributed by atoms with Crippen molar-refractivity contribution in [3.05, 3.63) is 29.3 Å². The lowest BCUT2D eigenvalue weighted by Crippen LogP contribution is -2.05. The zero-order valence-electron chi connectivity index (χ0n) is 7.86. The first kappa shape index (κ1) is 9.04. The summed E-state index contributed by atoms with van der Waals surface area (Å²) in [7, 11) is 0. The number of hydrogen-bond donors (Lipinski definition) is 1. The van der Waals surface area contributed by atoms with Crippen LogP contribution in [0, 0.1) is 11.3 Å². The number of rotatable bonds is 2. The highest BCUT2D eigenvalue weighted by molar-refractivity contribution is 5.40. The van der Waals surface area contributed by atoms with Gasteiger partial charge in [0, 0.05) is 6.04 Å². The van der Waals surface area contributed by atoms with E-state index < -0.39 is 0 Å². The molecule has 1 unspecified atom stereocenters. The molecule has 0 bridgehead atoms. The Balaban J connectivity index is 2.20. The molecular weight excluding hydrogens is 176 g/mol. The topological polar surface area (TPSA) is 59.0 Å². The molecule has 2 N–H and O–H groups in total. The minimum absolute atomic E-state index is 0.102. The molecule has 72 valence electrons. The molecule has 0 aromatic heterocycles. The molecule has 0 saturated carbocycles. The summed E-state index contributed by atoms with van der Waals surface area (Å²) in [6.45, 7) is 0.102. The molecule has 1 atom stereocenters. The van der Waals surface area contributed by atoms with E-state index in [-0.39, 0.29) is 12.6 Å². The van der Waals surface area contributed by atoms with E-state index in [1.807, 2.05) is 24.3 Å². The first-order chi connectivity index (χ1) is 6.81. The number of ether oxygens (including phenoxy) is 1. The molecule has 2 rings (SSSR count). The quantitative estimate of drug-likeness (QED) is 0.765. The van der Waals surface area contributed by atoms with Gasteiger partial charge in [0.05, 0.1) is 0 Å². The van der Waals surface area contributed by atoms with E-state index in [0.717, 1.165) is 18.6 Å². The van der Waals surface area contributed by atoms with E-state index >= 15 is 0 Å². The van der Waals surface area contributed by atoms with Gasteiger partial charge in [0.2, 0.25) is 0 Å². The van der Waals surface area contributed by atoms with E-state index in [9.17, 15) is 0 Å². The fraction of sp³-hybridized carbons (Fsp3) is 0.364. The van der Waals surface area contributed by atoms with Gasteiger partial charge in [-0.15, -0.1) is 0 Å². The SMILES string of the molecule is N#CCOc1ccc2c(c1)CCC2N. The Bertz CT molecular complexity index is 381. The average molecular weight is 188 g/mol. The second-order valence-corrected chi connectivity index (χ2v) is 3.45. The fourth-order valence-corrected chi connectivity index (χ4v) is 1.83. The van der Waals surface area contributed by atoms with Crippen LogP contribution in [0.15, 0.2) is 18.2 Å². The molecule has 1 aromatic rings. The zero-order chi connectivity index (χ0) is 9.97. The zero-order valence-corrected chi connectivity index (χ0v) is 7.86. The average Bonchev–Trinajstić information content (AvgIpc) is 2.57. The van der Waals surface area contributed by atoms with Crippen LogP contribution in [0.25, 0.3) is 0 Å². The molecule has 0 aliphatic heterocycles. The molecule has 0 fully saturated rings. The van der Waals surface area contributed by atoms with Crippen molar-refractivity contribution in [1.82, 2.24) is 0 Å². The Morgan fingerprint density at radius 3 is 3.21 bits per heavy atom. The third-order valence-electron chi connectivity index (χ3n) is 2.54. The largest absolute Gasteiger partial charge is 0.479 e. The molecule has 1 aliphatic rings.